The smallest absolute Gasteiger partial charge is 0.238 e. The van der Waals surface area contributed by atoms with Crippen molar-refractivity contribution >= 4 is 23.5 Å². The third kappa shape index (κ3) is 3.46. The van der Waals surface area contributed by atoms with E-state index in [4.69, 9.17) is 14.6 Å². The van der Waals surface area contributed by atoms with E-state index in [1.165, 1.54) is 0 Å². The van der Waals surface area contributed by atoms with Gasteiger partial charge in [0, 0.05) is 11.1 Å². The number of nitrogens with one attached hydrogen (secondary N) is 1. The zero-order valence-electron chi connectivity index (χ0n) is 16.8. The molecule has 0 bridgehead atoms. The van der Waals surface area contributed by atoms with Gasteiger partial charge in [-0.1, -0.05) is 18.2 Å². The fraction of sp³-hybridized carbons (Fsp3) is 0.273. The van der Waals surface area contributed by atoms with Crippen LogP contribution in [0.15, 0.2) is 48.5 Å². The molecule has 0 spiro atoms. The van der Waals surface area contributed by atoms with Crippen molar-refractivity contribution in [2.75, 3.05) is 19.5 Å². The minimum Gasteiger partial charge on any atom is -0.497 e. The molecule has 2 heterocycles. The van der Waals surface area contributed by atoms with Crippen LogP contribution in [-0.4, -0.2) is 35.2 Å². The van der Waals surface area contributed by atoms with Gasteiger partial charge in [0.25, 0.3) is 0 Å². The second-order valence-electron chi connectivity index (χ2n) is 6.85. The molecule has 6 nitrogen and oxygen atoms in total. The highest BCUT2D eigenvalue weighted by atomic mass is 32.2. The summed E-state index contributed by atoms with van der Waals surface area (Å²) in [6.07, 6.45) is 0. The van der Waals surface area contributed by atoms with Crippen molar-refractivity contribution in [3.05, 3.63) is 65.4 Å². The summed E-state index contributed by atoms with van der Waals surface area (Å²) in [5.74, 6) is 2.23. The van der Waals surface area contributed by atoms with E-state index in [0.717, 1.165) is 34.0 Å². The van der Waals surface area contributed by atoms with Gasteiger partial charge in [-0.2, -0.15) is 5.10 Å². The first-order valence-corrected chi connectivity index (χ1v) is 10.3. The number of nitrogens with zero attached hydrogens (tertiary/aromatic N) is 2. The highest BCUT2D eigenvalue weighted by Crippen LogP contribution is 2.48. The fourth-order valence-corrected chi connectivity index (χ4v) is 4.90. The van der Waals surface area contributed by atoms with Gasteiger partial charge in [0.2, 0.25) is 5.91 Å². The number of hydrogen-bond acceptors (Lipinski definition) is 5. The molecule has 1 aliphatic heterocycles. The summed E-state index contributed by atoms with van der Waals surface area (Å²) in [7, 11) is 3.30. The van der Waals surface area contributed by atoms with Gasteiger partial charge in [-0.25, -0.2) is 4.68 Å². The van der Waals surface area contributed by atoms with Gasteiger partial charge in [0.1, 0.15) is 17.3 Å². The zero-order valence-corrected chi connectivity index (χ0v) is 17.6. The number of para-hydroxylation sites is 1. The normalized spacial score (nSPS) is 18.6. The number of aromatic nitrogens is 2. The maximum absolute atomic E-state index is 12.8. The van der Waals surface area contributed by atoms with Crippen LogP contribution in [0.3, 0.4) is 0 Å². The summed E-state index contributed by atoms with van der Waals surface area (Å²) in [5.41, 5.74) is 3.75. The van der Waals surface area contributed by atoms with Crippen LogP contribution in [-0.2, 0) is 4.79 Å². The fourth-order valence-electron chi connectivity index (χ4n) is 3.55. The number of carbonyl (C=O) groups excluding carboxylic acids is 1. The Labute approximate surface area is 174 Å². The van der Waals surface area contributed by atoms with Gasteiger partial charge in [-0.05, 0) is 44.2 Å². The Kier molecular flexibility index (Phi) is 5.24. The maximum atomic E-state index is 12.8. The summed E-state index contributed by atoms with van der Waals surface area (Å²) in [6, 6.07) is 15.6. The predicted molar refractivity (Wildman–Crippen MR) is 115 cm³/mol. The van der Waals surface area contributed by atoms with E-state index >= 15 is 0 Å². The summed E-state index contributed by atoms with van der Waals surface area (Å²) >= 11 is 1.60. The van der Waals surface area contributed by atoms with Crippen molar-refractivity contribution in [1.82, 2.24) is 9.78 Å². The third-order valence-corrected chi connectivity index (χ3v) is 6.44. The van der Waals surface area contributed by atoms with E-state index in [0.29, 0.717) is 5.82 Å². The van der Waals surface area contributed by atoms with Crippen molar-refractivity contribution < 1.29 is 14.3 Å². The Hall–Kier alpha value is -2.93. The molecule has 1 aromatic heterocycles. The molecule has 3 aromatic rings. The van der Waals surface area contributed by atoms with Gasteiger partial charge in [-0.15, -0.1) is 11.8 Å². The quantitative estimate of drug-likeness (QED) is 0.694. The van der Waals surface area contributed by atoms with Gasteiger partial charge < -0.3 is 14.8 Å². The average Bonchev–Trinajstić information content (AvgIpc) is 3.00. The van der Waals surface area contributed by atoms with Crippen LogP contribution >= 0.6 is 11.8 Å². The average molecular weight is 410 g/mol. The third-order valence-electron chi connectivity index (χ3n) is 5.06. The molecule has 0 saturated heterocycles. The van der Waals surface area contributed by atoms with Gasteiger partial charge in [0.15, 0.2) is 0 Å². The molecule has 1 N–H and O–H groups in total. The number of methoxy groups -OCH3 is 2. The van der Waals surface area contributed by atoms with Crippen molar-refractivity contribution in [3.8, 4) is 17.2 Å². The lowest BCUT2D eigenvalue weighted by molar-refractivity contribution is -0.115. The van der Waals surface area contributed by atoms with Crippen LogP contribution < -0.4 is 14.8 Å². The van der Waals surface area contributed by atoms with E-state index in [1.807, 2.05) is 62.4 Å². The number of aryl methyl sites for hydroxylation is 1. The van der Waals surface area contributed by atoms with E-state index in [9.17, 15) is 4.79 Å². The first-order chi connectivity index (χ1) is 14.0. The molecule has 2 aromatic carbocycles. The first-order valence-electron chi connectivity index (χ1n) is 9.36. The topological polar surface area (TPSA) is 65.4 Å². The number of fused-ring (bicyclic) bond motifs is 1. The van der Waals surface area contributed by atoms with Crippen LogP contribution in [0.5, 0.6) is 11.5 Å². The minimum absolute atomic E-state index is 0.0386. The van der Waals surface area contributed by atoms with Crippen molar-refractivity contribution in [2.45, 2.75) is 24.3 Å². The predicted octanol–water partition coefficient (Wildman–Crippen LogP) is 4.36. The lowest BCUT2D eigenvalue weighted by atomic mass is 10.0. The number of thioether (sulfide) groups is 1. The molecule has 0 fully saturated rings. The molecule has 0 unspecified atom stereocenters. The Morgan fingerprint density at radius 3 is 2.48 bits per heavy atom. The minimum atomic E-state index is -0.221. The number of ether oxygens (including phenoxy) is 2. The second-order valence-corrected chi connectivity index (χ2v) is 8.30. The van der Waals surface area contributed by atoms with Crippen molar-refractivity contribution in [3.63, 3.8) is 0 Å². The summed E-state index contributed by atoms with van der Waals surface area (Å²) in [5, 5.41) is 7.55. The van der Waals surface area contributed by atoms with Crippen LogP contribution in [0.4, 0.5) is 5.82 Å². The van der Waals surface area contributed by atoms with Crippen LogP contribution in [0.1, 0.15) is 29.0 Å². The number of benzene rings is 2. The van der Waals surface area contributed by atoms with Crippen molar-refractivity contribution in [2.24, 2.45) is 0 Å². The Bertz CT molecular complexity index is 1050. The van der Waals surface area contributed by atoms with Crippen LogP contribution in [0.25, 0.3) is 5.69 Å². The molecule has 7 heteroatoms. The summed E-state index contributed by atoms with van der Waals surface area (Å²) in [6.45, 7) is 3.90. The van der Waals surface area contributed by atoms with Gasteiger partial charge in [0.05, 0.1) is 36.1 Å². The first kappa shape index (κ1) is 19.4. The molecule has 150 valence electrons. The van der Waals surface area contributed by atoms with E-state index in [1.54, 1.807) is 30.7 Å². The molecule has 29 heavy (non-hydrogen) atoms. The number of carbonyl (C=O) groups is 1. The standard InChI is InChI=1S/C22H23N3O3S/c1-13-19-20(17-7-5-6-8-18(17)28-4)29-14(2)22(26)23-21(19)25(24-13)15-9-11-16(27-3)12-10-15/h5-12,14,20H,1-4H3,(H,23,26)/t14-,20-/m1/s1. The molecule has 0 aliphatic carbocycles. The summed E-state index contributed by atoms with van der Waals surface area (Å²) in [4.78, 5) is 12.8. The number of amides is 1. The molecule has 2 atom stereocenters. The molecule has 1 aliphatic rings. The van der Waals surface area contributed by atoms with Gasteiger partial charge >= 0.3 is 0 Å². The second kappa shape index (κ2) is 7.83. The summed E-state index contributed by atoms with van der Waals surface area (Å²) < 4.78 is 12.7. The van der Waals surface area contributed by atoms with E-state index < -0.39 is 0 Å². The van der Waals surface area contributed by atoms with Gasteiger partial charge in [-0.3, -0.25) is 4.79 Å². The lowest BCUT2D eigenvalue weighted by Crippen LogP contribution is -2.22. The number of anilines is 1. The van der Waals surface area contributed by atoms with Crippen molar-refractivity contribution in [1.29, 1.82) is 0 Å². The molecular formula is C22H23N3O3S. The molecule has 4 rings (SSSR count). The Morgan fingerprint density at radius 2 is 1.79 bits per heavy atom. The van der Waals surface area contributed by atoms with Crippen LogP contribution in [0, 0.1) is 6.92 Å². The monoisotopic (exact) mass is 409 g/mol. The SMILES string of the molecule is COc1ccc(-n2nc(C)c3c2NC(=O)[C@@H](C)S[C@@H]3c2ccccc2OC)cc1. The molecule has 0 saturated carbocycles. The Morgan fingerprint density at radius 1 is 1.07 bits per heavy atom. The molecule has 0 radical (unpaired) electrons. The largest absolute Gasteiger partial charge is 0.497 e. The van der Waals surface area contributed by atoms with E-state index in [2.05, 4.69) is 5.32 Å². The number of hydrogen-bond donors (Lipinski definition) is 1. The van der Waals surface area contributed by atoms with Crippen LogP contribution in [0.2, 0.25) is 0 Å². The number of rotatable bonds is 4. The zero-order chi connectivity index (χ0) is 20.5. The molecular weight excluding hydrogens is 386 g/mol. The molecule has 1 amide bonds. The highest BCUT2D eigenvalue weighted by Gasteiger charge is 2.35. The Balaban J connectivity index is 1.90. The highest BCUT2D eigenvalue weighted by molar-refractivity contribution is 8.01. The maximum Gasteiger partial charge on any atom is 0.238 e. The lowest BCUT2D eigenvalue weighted by Gasteiger charge is -2.19. The van der Waals surface area contributed by atoms with E-state index in [-0.39, 0.29) is 16.4 Å².